The third-order valence-electron chi connectivity index (χ3n) is 1.51. The minimum absolute atomic E-state index is 0.417. The second kappa shape index (κ2) is 5.74. The lowest BCUT2D eigenvalue weighted by atomic mass is 10.1. The predicted molar refractivity (Wildman–Crippen MR) is 45.0 cm³/mol. The zero-order chi connectivity index (χ0) is 9.72. The molecule has 74 valence electrons. The number of hydrogen-bond donors (Lipinski definition) is 6. The van der Waals surface area contributed by atoms with E-state index in [4.69, 9.17) is 25.5 Å². The smallest absolute Gasteiger partial charge is 0.109 e. The minimum atomic E-state index is -1.50. The van der Waals surface area contributed by atoms with Crippen molar-refractivity contribution >= 4 is 12.6 Å². The highest BCUT2D eigenvalue weighted by atomic mass is 32.1. The second-order valence-corrected chi connectivity index (χ2v) is 3.14. The van der Waals surface area contributed by atoms with Gasteiger partial charge < -0.3 is 25.5 Å². The van der Waals surface area contributed by atoms with E-state index in [0.29, 0.717) is 0 Å². The van der Waals surface area contributed by atoms with Crippen molar-refractivity contribution in [2.75, 3.05) is 13.2 Å². The van der Waals surface area contributed by atoms with Gasteiger partial charge in [-0.1, -0.05) is 0 Å². The van der Waals surface area contributed by atoms with Crippen molar-refractivity contribution in [3.05, 3.63) is 0 Å². The van der Waals surface area contributed by atoms with Gasteiger partial charge in [-0.05, 0) is 0 Å². The molecule has 0 saturated heterocycles. The molecule has 0 saturated carbocycles. The molecule has 0 aromatic rings. The lowest BCUT2D eigenvalue weighted by Crippen LogP contribution is -2.45. The average molecular weight is 198 g/mol. The average Bonchev–Trinajstić information content (AvgIpc) is 2.12. The second-order valence-electron chi connectivity index (χ2n) is 2.48. The first kappa shape index (κ1) is 12.2. The van der Waals surface area contributed by atoms with Gasteiger partial charge in [0, 0.05) is 0 Å². The number of thiol groups is 1. The SMILES string of the molecule is OC[C@@H](S)[C@@H](O)[C@H](O)[C@@H](O)CO. The molecule has 4 atom stereocenters. The zero-order valence-electron chi connectivity index (χ0n) is 6.41. The molecule has 0 aromatic heterocycles. The fourth-order valence-electron chi connectivity index (χ4n) is 0.671. The number of aliphatic hydroxyl groups is 5. The van der Waals surface area contributed by atoms with E-state index < -0.39 is 36.8 Å². The topological polar surface area (TPSA) is 101 Å². The van der Waals surface area contributed by atoms with Crippen LogP contribution in [0.2, 0.25) is 0 Å². The van der Waals surface area contributed by atoms with Gasteiger partial charge in [0.1, 0.15) is 12.2 Å². The molecule has 12 heavy (non-hydrogen) atoms. The van der Waals surface area contributed by atoms with E-state index >= 15 is 0 Å². The quantitative estimate of drug-likeness (QED) is 0.271. The van der Waals surface area contributed by atoms with Gasteiger partial charge in [-0.25, -0.2) is 0 Å². The van der Waals surface area contributed by atoms with Gasteiger partial charge in [0.25, 0.3) is 0 Å². The molecular weight excluding hydrogens is 184 g/mol. The van der Waals surface area contributed by atoms with Crippen LogP contribution in [0, 0.1) is 0 Å². The van der Waals surface area contributed by atoms with Crippen LogP contribution in [0.5, 0.6) is 0 Å². The first-order chi connectivity index (χ1) is 5.54. The lowest BCUT2D eigenvalue weighted by Gasteiger charge is -2.24. The highest BCUT2D eigenvalue weighted by molar-refractivity contribution is 7.81. The van der Waals surface area contributed by atoms with E-state index in [-0.39, 0.29) is 0 Å². The number of rotatable bonds is 5. The van der Waals surface area contributed by atoms with E-state index in [1.54, 1.807) is 0 Å². The fourth-order valence-corrected chi connectivity index (χ4v) is 0.848. The Bertz CT molecular complexity index is 109. The van der Waals surface area contributed by atoms with E-state index in [2.05, 4.69) is 12.6 Å². The molecule has 5 N–H and O–H groups in total. The van der Waals surface area contributed by atoms with E-state index in [1.165, 1.54) is 0 Å². The third-order valence-corrected chi connectivity index (χ3v) is 1.98. The van der Waals surface area contributed by atoms with Crippen molar-refractivity contribution in [2.45, 2.75) is 23.6 Å². The maximum absolute atomic E-state index is 9.13. The molecule has 0 amide bonds. The van der Waals surface area contributed by atoms with Crippen molar-refractivity contribution in [1.82, 2.24) is 0 Å². The van der Waals surface area contributed by atoms with Gasteiger partial charge in [0.05, 0.1) is 24.6 Å². The highest BCUT2D eigenvalue weighted by Crippen LogP contribution is 2.08. The molecule has 0 heterocycles. The van der Waals surface area contributed by atoms with Crippen LogP contribution in [-0.2, 0) is 0 Å². The molecule has 0 spiro atoms. The zero-order valence-corrected chi connectivity index (χ0v) is 7.30. The Morgan fingerprint density at radius 1 is 0.917 bits per heavy atom. The first-order valence-corrected chi connectivity index (χ1v) is 4.00. The van der Waals surface area contributed by atoms with Gasteiger partial charge in [0.2, 0.25) is 0 Å². The van der Waals surface area contributed by atoms with Crippen LogP contribution in [0.25, 0.3) is 0 Å². The van der Waals surface area contributed by atoms with Gasteiger partial charge >= 0.3 is 0 Å². The Labute approximate surface area is 75.7 Å². The summed E-state index contributed by atoms with van der Waals surface area (Å²) in [6.07, 6.45) is -4.27. The molecule has 0 aliphatic rings. The Morgan fingerprint density at radius 3 is 1.75 bits per heavy atom. The van der Waals surface area contributed by atoms with E-state index in [0.717, 1.165) is 0 Å². The van der Waals surface area contributed by atoms with E-state index in [1.807, 2.05) is 0 Å². The van der Waals surface area contributed by atoms with Crippen LogP contribution in [0.1, 0.15) is 0 Å². The van der Waals surface area contributed by atoms with Crippen LogP contribution in [0.4, 0.5) is 0 Å². The molecule has 0 aliphatic heterocycles. The van der Waals surface area contributed by atoms with Gasteiger partial charge in [0.15, 0.2) is 0 Å². The van der Waals surface area contributed by atoms with Crippen molar-refractivity contribution in [1.29, 1.82) is 0 Å². The van der Waals surface area contributed by atoms with Crippen molar-refractivity contribution in [3.8, 4) is 0 Å². The molecule has 5 nitrogen and oxygen atoms in total. The molecule has 0 radical (unpaired) electrons. The summed E-state index contributed by atoms with van der Waals surface area (Å²) in [6, 6.07) is 0. The van der Waals surface area contributed by atoms with Crippen molar-refractivity contribution in [3.63, 3.8) is 0 Å². The number of hydrogen-bond acceptors (Lipinski definition) is 6. The minimum Gasteiger partial charge on any atom is -0.395 e. The number of aliphatic hydroxyl groups excluding tert-OH is 5. The van der Waals surface area contributed by atoms with Crippen molar-refractivity contribution in [2.24, 2.45) is 0 Å². The normalized spacial score (nSPS) is 21.5. The van der Waals surface area contributed by atoms with Gasteiger partial charge in [-0.2, -0.15) is 12.6 Å². The Kier molecular flexibility index (Phi) is 5.81. The lowest BCUT2D eigenvalue weighted by molar-refractivity contribution is -0.0789. The summed E-state index contributed by atoms with van der Waals surface area (Å²) in [4.78, 5) is 0. The molecule has 0 fully saturated rings. The van der Waals surface area contributed by atoms with Crippen LogP contribution in [0.3, 0.4) is 0 Å². The molecule has 0 rings (SSSR count). The molecule has 0 aliphatic carbocycles. The summed E-state index contributed by atoms with van der Waals surface area (Å²) in [6.45, 7) is -1.07. The maximum atomic E-state index is 9.13. The standard InChI is InChI=1S/C6H14O5S/c7-1-3(9)5(10)6(11)4(12)2-8/h3-12H,1-2H2/t3-,4+,5+,6+/m0/s1. The molecule has 0 unspecified atom stereocenters. The molecular formula is C6H14O5S. The van der Waals surface area contributed by atoms with Crippen LogP contribution in [-0.4, -0.2) is 62.3 Å². The van der Waals surface area contributed by atoms with Crippen molar-refractivity contribution < 1.29 is 25.5 Å². The van der Waals surface area contributed by atoms with Gasteiger partial charge in [-0.15, -0.1) is 0 Å². The largest absolute Gasteiger partial charge is 0.395 e. The maximum Gasteiger partial charge on any atom is 0.109 e. The van der Waals surface area contributed by atoms with Crippen LogP contribution < -0.4 is 0 Å². The van der Waals surface area contributed by atoms with Crippen LogP contribution >= 0.6 is 12.6 Å². The summed E-state index contributed by atoms with van der Waals surface area (Å²) >= 11 is 3.74. The van der Waals surface area contributed by atoms with Crippen LogP contribution in [0.15, 0.2) is 0 Å². The Balaban J connectivity index is 3.99. The van der Waals surface area contributed by atoms with Gasteiger partial charge in [-0.3, -0.25) is 0 Å². The predicted octanol–water partition coefficient (Wildman–Crippen LogP) is -2.65. The summed E-state index contributed by atoms with van der Waals surface area (Å²) in [5.41, 5.74) is 0. The molecule has 0 bridgehead atoms. The summed E-state index contributed by atoms with van der Waals surface area (Å²) in [7, 11) is 0. The first-order valence-electron chi connectivity index (χ1n) is 3.48. The summed E-state index contributed by atoms with van der Waals surface area (Å²) < 4.78 is 0. The Morgan fingerprint density at radius 2 is 1.42 bits per heavy atom. The third kappa shape index (κ3) is 3.26. The summed E-state index contributed by atoms with van der Waals surface area (Å²) in [5, 5.41) is 43.1. The Hall–Kier alpha value is 0.150. The van der Waals surface area contributed by atoms with E-state index in [9.17, 15) is 0 Å². The summed E-state index contributed by atoms with van der Waals surface area (Å²) in [5.74, 6) is 0. The fraction of sp³-hybridized carbons (Fsp3) is 1.00. The molecule has 6 heteroatoms. The molecule has 0 aromatic carbocycles. The monoisotopic (exact) mass is 198 g/mol. The highest BCUT2D eigenvalue weighted by Gasteiger charge is 2.28.